The number of anilines is 1. The van der Waals surface area contributed by atoms with Gasteiger partial charge in [0.05, 0.1) is 16.9 Å². The van der Waals surface area contributed by atoms with E-state index in [0.717, 1.165) is 63.9 Å². The lowest BCUT2D eigenvalue weighted by Crippen LogP contribution is -2.03. The van der Waals surface area contributed by atoms with Crippen molar-refractivity contribution >= 4 is 22.2 Å². The number of benzene rings is 2. The Labute approximate surface area is 206 Å². The quantitative estimate of drug-likeness (QED) is 0.243. The van der Waals surface area contributed by atoms with E-state index in [1.807, 2.05) is 31.7 Å². The maximum Gasteiger partial charge on any atom is 0.0950 e. The molecule has 5 heteroatoms. The third kappa shape index (κ3) is 5.14. The molecule has 5 rings (SSSR count). The van der Waals surface area contributed by atoms with Crippen LogP contribution < -0.4 is 5.32 Å². The predicted molar refractivity (Wildman–Crippen MR) is 145 cm³/mol. The van der Waals surface area contributed by atoms with E-state index in [1.165, 1.54) is 16.7 Å². The smallest absolute Gasteiger partial charge is 0.0950 e. The molecule has 2 N–H and O–H groups in total. The number of aromatic amines is 1. The van der Waals surface area contributed by atoms with Gasteiger partial charge in [-0.15, -0.1) is 0 Å². The molecule has 0 spiro atoms. The van der Waals surface area contributed by atoms with Crippen molar-refractivity contribution in [1.82, 2.24) is 20.2 Å². The first-order chi connectivity index (χ1) is 17.1. The largest absolute Gasteiger partial charge is 0.384 e. The number of H-pyrrole nitrogens is 1. The van der Waals surface area contributed by atoms with E-state index in [0.29, 0.717) is 0 Å². The fraction of sp³-hybridized carbons (Fsp3) is 0.167. The number of hydrogen-bond donors (Lipinski definition) is 2. The molecule has 0 saturated carbocycles. The average molecular weight is 460 g/mol. The maximum atomic E-state index is 4.47. The van der Waals surface area contributed by atoms with E-state index in [1.54, 1.807) is 0 Å². The van der Waals surface area contributed by atoms with E-state index in [4.69, 9.17) is 0 Å². The molecular formula is C30H29N5. The van der Waals surface area contributed by atoms with Crippen molar-refractivity contribution in [2.24, 2.45) is 0 Å². The van der Waals surface area contributed by atoms with Crippen LogP contribution in [0.25, 0.3) is 38.7 Å². The Morgan fingerprint density at radius 2 is 1.69 bits per heavy atom. The topological polar surface area (TPSA) is 66.5 Å². The SMILES string of the molecule is C=C(C)c1n[nH]c2ccc(-c3cncc(NCCCc4cccc(-c5cncc(C)c5)c4)c3)cc12. The number of aromatic nitrogens is 4. The Morgan fingerprint density at radius 3 is 2.51 bits per heavy atom. The van der Waals surface area contributed by atoms with Gasteiger partial charge in [0, 0.05) is 47.8 Å². The number of fused-ring (bicyclic) bond motifs is 1. The predicted octanol–water partition coefficient (Wildman–Crippen LogP) is 7.07. The fourth-order valence-electron chi connectivity index (χ4n) is 4.36. The second-order valence-electron chi connectivity index (χ2n) is 9.06. The molecule has 0 fully saturated rings. The third-order valence-corrected chi connectivity index (χ3v) is 6.15. The van der Waals surface area contributed by atoms with Crippen LogP contribution in [0.5, 0.6) is 0 Å². The van der Waals surface area contributed by atoms with Gasteiger partial charge in [-0.2, -0.15) is 5.10 Å². The second kappa shape index (κ2) is 9.94. The maximum absolute atomic E-state index is 4.47. The highest BCUT2D eigenvalue weighted by atomic mass is 15.1. The molecule has 0 atom stereocenters. The molecule has 0 aliphatic heterocycles. The lowest BCUT2D eigenvalue weighted by atomic mass is 10.0. The van der Waals surface area contributed by atoms with Crippen molar-refractivity contribution < 1.29 is 0 Å². The number of nitrogens with zero attached hydrogens (tertiary/aromatic N) is 3. The van der Waals surface area contributed by atoms with Gasteiger partial charge < -0.3 is 5.32 Å². The number of nitrogens with one attached hydrogen (secondary N) is 2. The Bertz CT molecular complexity index is 1500. The van der Waals surface area contributed by atoms with E-state index in [-0.39, 0.29) is 0 Å². The number of aryl methyl sites for hydroxylation is 2. The number of pyridine rings is 2. The molecule has 0 saturated heterocycles. The lowest BCUT2D eigenvalue weighted by Gasteiger charge is -2.09. The first-order valence-corrected chi connectivity index (χ1v) is 11.9. The molecule has 2 aromatic carbocycles. The molecule has 0 unspecified atom stereocenters. The summed E-state index contributed by atoms with van der Waals surface area (Å²) < 4.78 is 0. The summed E-state index contributed by atoms with van der Waals surface area (Å²) in [6.45, 7) is 8.97. The standard InChI is InChI=1S/C30H29N5/c1-20(2)30-28-15-24(9-10-29(28)34-35-30)26-14-27(19-32-18-26)33-11-5-7-22-6-4-8-23(13-22)25-12-21(3)16-31-17-25/h4,6,8-10,12-19,33H,1,5,7,11H2,2-3H3,(H,34,35). The van der Waals surface area contributed by atoms with Gasteiger partial charge in [0.1, 0.15) is 0 Å². The third-order valence-electron chi connectivity index (χ3n) is 6.15. The summed E-state index contributed by atoms with van der Waals surface area (Å²) in [7, 11) is 0. The lowest BCUT2D eigenvalue weighted by molar-refractivity contribution is 0.862. The van der Waals surface area contributed by atoms with Gasteiger partial charge in [-0.3, -0.25) is 15.1 Å². The van der Waals surface area contributed by atoms with Gasteiger partial charge in [0.2, 0.25) is 0 Å². The van der Waals surface area contributed by atoms with Crippen molar-refractivity contribution in [1.29, 1.82) is 0 Å². The van der Waals surface area contributed by atoms with E-state index in [9.17, 15) is 0 Å². The summed E-state index contributed by atoms with van der Waals surface area (Å²) in [5.74, 6) is 0. The highest BCUT2D eigenvalue weighted by Gasteiger charge is 2.09. The number of hydrogen-bond acceptors (Lipinski definition) is 4. The van der Waals surface area contributed by atoms with Crippen LogP contribution in [0.15, 0.2) is 86.0 Å². The molecule has 5 nitrogen and oxygen atoms in total. The zero-order valence-electron chi connectivity index (χ0n) is 20.2. The molecule has 0 bridgehead atoms. The molecule has 35 heavy (non-hydrogen) atoms. The van der Waals surface area contributed by atoms with E-state index in [2.05, 4.69) is 93.6 Å². The second-order valence-corrected chi connectivity index (χ2v) is 9.06. The number of allylic oxidation sites excluding steroid dienone is 1. The van der Waals surface area contributed by atoms with Gasteiger partial charge in [0.25, 0.3) is 0 Å². The molecule has 3 heterocycles. The van der Waals surface area contributed by atoms with Gasteiger partial charge in [-0.1, -0.05) is 36.9 Å². The minimum atomic E-state index is 0.877. The molecule has 0 aliphatic rings. The molecule has 3 aromatic heterocycles. The van der Waals surface area contributed by atoms with Gasteiger partial charge in [-0.25, -0.2) is 0 Å². The molecule has 0 aliphatic carbocycles. The summed E-state index contributed by atoms with van der Waals surface area (Å²) in [4.78, 5) is 8.79. The first kappa shape index (κ1) is 22.5. The molecule has 5 aromatic rings. The summed E-state index contributed by atoms with van der Waals surface area (Å²) in [6, 6.07) is 19.4. The summed E-state index contributed by atoms with van der Waals surface area (Å²) in [5.41, 5.74) is 11.0. The normalized spacial score (nSPS) is 11.0. The highest BCUT2D eigenvalue weighted by Crippen LogP contribution is 2.28. The summed E-state index contributed by atoms with van der Waals surface area (Å²) in [6.07, 6.45) is 9.63. The van der Waals surface area contributed by atoms with Gasteiger partial charge in [-0.05, 0) is 78.8 Å². The number of rotatable bonds is 8. The van der Waals surface area contributed by atoms with Crippen LogP contribution in [-0.2, 0) is 6.42 Å². The molecule has 0 radical (unpaired) electrons. The van der Waals surface area contributed by atoms with Crippen LogP contribution in [0, 0.1) is 6.92 Å². The Morgan fingerprint density at radius 1 is 0.886 bits per heavy atom. The zero-order chi connectivity index (χ0) is 24.2. The van der Waals surface area contributed by atoms with Crippen LogP contribution in [0.2, 0.25) is 0 Å². The van der Waals surface area contributed by atoms with Crippen molar-refractivity contribution in [3.8, 4) is 22.3 Å². The Kier molecular flexibility index (Phi) is 6.40. The Hall–Kier alpha value is -4.25. The highest BCUT2D eigenvalue weighted by molar-refractivity contribution is 5.92. The van der Waals surface area contributed by atoms with Crippen LogP contribution in [0.1, 0.15) is 30.2 Å². The van der Waals surface area contributed by atoms with Crippen LogP contribution in [0.3, 0.4) is 0 Å². The zero-order valence-corrected chi connectivity index (χ0v) is 20.2. The Balaban J connectivity index is 1.23. The van der Waals surface area contributed by atoms with E-state index >= 15 is 0 Å². The minimum absolute atomic E-state index is 0.877. The van der Waals surface area contributed by atoms with Crippen LogP contribution >= 0.6 is 0 Å². The van der Waals surface area contributed by atoms with Crippen LogP contribution in [-0.4, -0.2) is 26.7 Å². The summed E-state index contributed by atoms with van der Waals surface area (Å²) >= 11 is 0. The molecule has 174 valence electrons. The monoisotopic (exact) mass is 459 g/mol. The van der Waals surface area contributed by atoms with Crippen LogP contribution in [0.4, 0.5) is 5.69 Å². The first-order valence-electron chi connectivity index (χ1n) is 11.9. The van der Waals surface area contributed by atoms with Crippen molar-refractivity contribution in [3.63, 3.8) is 0 Å². The molecular weight excluding hydrogens is 430 g/mol. The van der Waals surface area contributed by atoms with Crippen molar-refractivity contribution in [2.75, 3.05) is 11.9 Å². The van der Waals surface area contributed by atoms with Crippen molar-refractivity contribution in [3.05, 3.63) is 103 Å². The summed E-state index contributed by atoms with van der Waals surface area (Å²) in [5, 5.41) is 12.1. The van der Waals surface area contributed by atoms with Crippen molar-refractivity contribution in [2.45, 2.75) is 26.7 Å². The molecule has 0 amide bonds. The fourth-order valence-corrected chi connectivity index (χ4v) is 4.36. The van der Waals surface area contributed by atoms with E-state index < -0.39 is 0 Å². The van der Waals surface area contributed by atoms with Gasteiger partial charge in [0.15, 0.2) is 0 Å². The average Bonchev–Trinajstić information content (AvgIpc) is 3.31. The minimum Gasteiger partial charge on any atom is -0.384 e. The van der Waals surface area contributed by atoms with Gasteiger partial charge >= 0.3 is 0 Å².